The van der Waals surface area contributed by atoms with E-state index >= 15 is 0 Å². The summed E-state index contributed by atoms with van der Waals surface area (Å²) in [5.41, 5.74) is 0. The van der Waals surface area contributed by atoms with E-state index in [2.05, 4.69) is 81.5 Å². The Hall–Kier alpha value is -3.15. The maximum absolute atomic E-state index is 12.9. The molecule has 0 fully saturated rings. The lowest BCUT2D eigenvalue weighted by molar-refractivity contribution is -0.166. The van der Waals surface area contributed by atoms with Crippen molar-refractivity contribution >= 4 is 17.9 Å². The van der Waals surface area contributed by atoms with Crippen molar-refractivity contribution in [2.45, 2.75) is 309 Å². The van der Waals surface area contributed by atoms with Gasteiger partial charge < -0.3 is 14.2 Å². The van der Waals surface area contributed by atoms with E-state index in [1.54, 1.807) is 6.08 Å². The molecule has 6 nitrogen and oxygen atoms in total. The van der Waals surface area contributed by atoms with Crippen molar-refractivity contribution in [3.05, 3.63) is 72.9 Å². The minimum atomic E-state index is -0.816. The van der Waals surface area contributed by atoms with E-state index in [0.29, 0.717) is 12.8 Å². The molecule has 0 radical (unpaired) electrons. The van der Waals surface area contributed by atoms with Crippen LogP contribution >= 0.6 is 0 Å². The standard InChI is InChI=1S/C65H114O6/c1-4-7-10-13-16-19-22-25-28-30-31-32-33-35-37-40-43-46-49-52-55-58-64(67)70-61-62(60-69-63(66)57-54-51-48-45-42-39-36-27-24-21-18-15-12-9-6-3)71-65(68)59-56-53-50-47-44-41-38-34-29-26-23-20-17-14-11-8-5-2/h9,12,18,21,26-27,29,36,42,45,51,54,62H,4-8,10-11,13-17,19-20,22-25,28,30-35,37-41,43-44,46-50,52-53,55-61H2,1-3H3/b12-9-,21-18-,29-26-,36-27-,45-42-,54-51-. The van der Waals surface area contributed by atoms with Crippen LogP contribution in [-0.4, -0.2) is 37.2 Å². The molecule has 1 atom stereocenters. The van der Waals surface area contributed by atoms with Gasteiger partial charge in [-0.25, -0.2) is 0 Å². The second kappa shape index (κ2) is 59.4. The monoisotopic (exact) mass is 991 g/mol. The van der Waals surface area contributed by atoms with Crippen molar-refractivity contribution in [2.24, 2.45) is 0 Å². The molecule has 0 aliphatic carbocycles. The molecule has 0 amide bonds. The molecule has 0 aromatic heterocycles. The number of ether oxygens (including phenoxy) is 3. The largest absolute Gasteiger partial charge is 0.462 e. The molecule has 0 spiro atoms. The molecule has 0 saturated heterocycles. The summed E-state index contributed by atoms with van der Waals surface area (Å²) >= 11 is 0. The molecule has 0 aromatic rings. The summed E-state index contributed by atoms with van der Waals surface area (Å²) in [7, 11) is 0. The first-order valence-corrected chi connectivity index (χ1v) is 30.4. The van der Waals surface area contributed by atoms with Crippen molar-refractivity contribution < 1.29 is 28.6 Å². The zero-order chi connectivity index (χ0) is 51.4. The van der Waals surface area contributed by atoms with Crippen LogP contribution in [0.15, 0.2) is 72.9 Å². The summed E-state index contributed by atoms with van der Waals surface area (Å²) in [6, 6.07) is 0. The maximum Gasteiger partial charge on any atom is 0.309 e. The molecule has 0 rings (SSSR count). The fourth-order valence-corrected chi connectivity index (χ4v) is 8.69. The highest BCUT2D eigenvalue weighted by molar-refractivity contribution is 5.72. The summed E-state index contributed by atoms with van der Waals surface area (Å²) in [4.78, 5) is 38.2. The summed E-state index contributed by atoms with van der Waals surface area (Å²) in [6.07, 6.45) is 76.4. The molecule has 0 heterocycles. The van der Waals surface area contributed by atoms with Crippen LogP contribution in [0.25, 0.3) is 0 Å². The van der Waals surface area contributed by atoms with Gasteiger partial charge in [0.05, 0.1) is 6.42 Å². The minimum Gasteiger partial charge on any atom is -0.462 e. The van der Waals surface area contributed by atoms with E-state index < -0.39 is 12.1 Å². The van der Waals surface area contributed by atoms with Crippen molar-refractivity contribution in [1.29, 1.82) is 0 Å². The van der Waals surface area contributed by atoms with Crippen molar-refractivity contribution in [1.82, 2.24) is 0 Å². The summed E-state index contributed by atoms with van der Waals surface area (Å²) in [5, 5.41) is 0. The van der Waals surface area contributed by atoms with Gasteiger partial charge in [0, 0.05) is 12.8 Å². The zero-order valence-electron chi connectivity index (χ0n) is 47.0. The Bertz CT molecular complexity index is 1320. The van der Waals surface area contributed by atoms with E-state index in [1.807, 2.05) is 6.08 Å². The Labute approximate surface area is 440 Å². The maximum atomic E-state index is 12.9. The third kappa shape index (κ3) is 57.6. The van der Waals surface area contributed by atoms with Crippen LogP contribution in [0.2, 0.25) is 0 Å². The highest BCUT2D eigenvalue weighted by atomic mass is 16.6. The minimum absolute atomic E-state index is 0.104. The Kier molecular flexibility index (Phi) is 56.8. The molecule has 0 bridgehead atoms. The second-order valence-corrected chi connectivity index (χ2v) is 20.3. The number of unbranched alkanes of at least 4 members (excludes halogenated alkanes) is 33. The Morgan fingerprint density at radius 2 is 0.606 bits per heavy atom. The van der Waals surface area contributed by atoms with Gasteiger partial charge in [-0.3, -0.25) is 14.4 Å². The predicted octanol–water partition coefficient (Wildman–Crippen LogP) is 20.5. The fraction of sp³-hybridized carbons (Fsp3) is 0.769. The lowest BCUT2D eigenvalue weighted by Crippen LogP contribution is -2.30. The van der Waals surface area contributed by atoms with Gasteiger partial charge in [0.2, 0.25) is 0 Å². The number of carbonyl (C=O) groups is 3. The molecular formula is C65H114O6. The average Bonchev–Trinajstić information content (AvgIpc) is 3.37. The number of esters is 3. The zero-order valence-corrected chi connectivity index (χ0v) is 47.0. The second-order valence-electron chi connectivity index (χ2n) is 20.3. The molecule has 0 saturated carbocycles. The molecule has 71 heavy (non-hydrogen) atoms. The number of hydrogen-bond donors (Lipinski definition) is 0. The molecule has 1 unspecified atom stereocenters. The Balaban J connectivity index is 4.41. The van der Waals surface area contributed by atoms with Gasteiger partial charge >= 0.3 is 17.9 Å². The number of hydrogen-bond acceptors (Lipinski definition) is 6. The van der Waals surface area contributed by atoms with E-state index in [0.717, 1.165) is 70.6 Å². The van der Waals surface area contributed by atoms with Gasteiger partial charge in [-0.15, -0.1) is 0 Å². The number of carbonyl (C=O) groups excluding carboxylic acids is 3. The van der Waals surface area contributed by atoms with Gasteiger partial charge in [0.25, 0.3) is 0 Å². The molecular weight excluding hydrogens is 877 g/mol. The highest BCUT2D eigenvalue weighted by Gasteiger charge is 2.19. The summed E-state index contributed by atoms with van der Waals surface area (Å²) < 4.78 is 16.8. The van der Waals surface area contributed by atoms with E-state index in [4.69, 9.17) is 14.2 Å². The first-order chi connectivity index (χ1) is 35.0. The third-order valence-corrected chi connectivity index (χ3v) is 13.2. The van der Waals surface area contributed by atoms with Crippen LogP contribution in [0, 0.1) is 0 Å². The van der Waals surface area contributed by atoms with Gasteiger partial charge in [0.1, 0.15) is 13.2 Å². The van der Waals surface area contributed by atoms with E-state index in [-0.39, 0.29) is 31.6 Å². The van der Waals surface area contributed by atoms with E-state index in [9.17, 15) is 14.4 Å². The average molecular weight is 992 g/mol. The first kappa shape index (κ1) is 67.8. The Morgan fingerprint density at radius 1 is 0.310 bits per heavy atom. The van der Waals surface area contributed by atoms with Crippen LogP contribution in [0.1, 0.15) is 303 Å². The number of rotatable bonds is 55. The van der Waals surface area contributed by atoms with Crippen LogP contribution in [0.5, 0.6) is 0 Å². The van der Waals surface area contributed by atoms with E-state index in [1.165, 1.54) is 193 Å². The Morgan fingerprint density at radius 3 is 0.972 bits per heavy atom. The van der Waals surface area contributed by atoms with Gasteiger partial charge in [-0.05, 0) is 70.6 Å². The lowest BCUT2D eigenvalue weighted by atomic mass is 10.0. The van der Waals surface area contributed by atoms with Gasteiger partial charge in [0.15, 0.2) is 6.10 Å². The fourth-order valence-electron chi connectivity index (χ4n) is 8.69. The normalized spacial score (nSPS) is 12.5. The number of allylic oxidation sites excluding steroid dienone is 11. The van der Waals surface area contributed by atoms with Crippen molar-refractivity contribution in [2.75, 3.05) is 13.2 Å². The van der Waals surface area contributed by atoms with Crippen LogP contribution in [-0.2, 0) is 28.6 Å². The quantitative estimate of drug-likeness (QED) is 0.0261. The SMILES string of the molecule is CC/C=C\C/C=C\C/C=C\C/C=C\C/C=C\CC(=O)OCC(COC(=O)CCCCCCCCCCCCCCCCCCCCCCC)OC(=O)CCCCCCCCC/C=C\CCCCCCCC. The van der Waals surface area contributed by atoms with Crippen LogP contribution in [0.3, 0.4) is 0 Å². The van der Waals surface area contributed by atoms with Crippen molar-refractivity contribution in [3.8, 4) is 0 Å². The summed E-state index contributed by atoms with van der Waals surface area (Å²) in [6.45, 7) is 6.47. The van der Waals surface area contributed by atoms with Crippen LogP contribution in [0.4, 0.5) is 0 Å². The third-order valence-electron chi connectivity index (χ3n) is 13.2. The van der Waals surface area contributed by atoms with Gasteiger partial charge in [-0.2, -0.15) is 0 Å². The van der Waals surface area contributed by atoms with Crippen LogP contribution < -0.4 is 0 Å². The molecule has 0 aliphatic heterocycles. The smallest absolute Gasteiger partial charge is 0.309 e. The highest BCUT2D eigenvalue weighted by Crippen LogP contribution is 2.17. The molecule has 0 N–H and O–H groups in total. The molecule has 6 heteroatoms. The summed E-state index contributed by atoms with van der Waals surface area (Å²) in [5.74, 6) is -1.03. The van der Waals surface area contributed by atoms with Gasteiger partial charge in [-0.1, -0.05) is 286 Å². The van der Waals surface area contributed by atoms with Crippen molar-refractivity contribution in [3.63, 3.8) is 0 Å². The predicted molar refractivity (Wildman–Crippen MR) is 307 cm³/mol. The molecule has 0 aromatic carbocycles. The topological polar surface area (TPSA) is 78.9 Å². The lowest BCUT2D eigenvalue weighted by Gasteiger charge is -2.18. The first-order valence-electron chi connectivity index (χ1n) is 30.4. The molecule has 410 valence electrons. The molecule has 0 aliphatic rings.